The van der Waals surface area contributed by atoms with Gasteiger partial charge in [-0.3, -0.25) is 0 Å². The topological polar surface area (TPSA) is 93.4 Å². The van der Waals surface area contributed by atoms with E-state index in [0.29, 0.717) is 25.6 Å². The first kappa shape index (κ1) is 21.5. The van der Waals surface area contributed by atoms with Crippen LogP contribution >= 0.6 is 11.6 Å². The Bertz CT molecular complexity index is 1250. The molecule has 1 aliphatic carbocycles. The normalized spacial score (nSPS) is 20.4. The van der Waals surface area contributed by atoms with E-state index in [4.69, 9.17) is 11.6 Å². The van der Waals surface area contributed by atoms with Crippen molar-refractivity contribution in [3.05, 3.63) is 64.6 Å². The standard InChI is InChI=1S/C25H24ClN5O2/c26-24-28-22-14-17(20-7-3-5-16-4-1-2-6-19(16)20)8-9-21(22)23(29-24)30-12-13-31(25(32)33)18(15-30)10-11-27/h1-7,17-18H,8-10,12-15H2,(H,32,33)/t17-,18?/m0/s1. The molecule has 168 valence electrons. The second kappa shape index (κ2) is 8.87. The Labute approximate surface area is 197 Å². The summed E-state index contributed by atoms with van der Waals surface area (Å²) in [6.45, 7) is 1.27. The van der Waals surface area contributed by atoms with Crippen LogP contribution in [-0.4, -0.2) is 51.7 Å². The Morgan fingerprint density at radius 2 is 2.00 bits per heavy atom. The minimum Gasteiger partial charge on any atom is -0.465 e. The fraction of sp³-hybridized carbons (Fsp3) is 0.360. The van der Waals surface area contributed by atoms with Gasteiger partial charge < -0.3 is 14.9 Å². The molecule has 7 nitrogen and oxygen atoms in total. The fourth-order valence-corrected chi connectivity index (χ4v) is 5.46. The van der Waals surface area contributed by atoms with Crippen LogP contribution in [0.5, 0.6) is 0 Å². The van der Waals surface area contributed by atoms with E-state index in [9.17, 15) is 15.2 Å². The second-order valence-corrected chi connectivity index (χ2v) is 9.03. The number of carbonyl (C=O) groups is 1. The fourth-order valence-electron chi connectivity index (χ4n) is 5.28. The van der Waals surface area contributed by atoms with Gasteiger partial charge in [0.15, 0.2) is 0 Å². The molecule has 0 bridgehead atoms. The summed E-state index contributed by atoms with van der Waals surface area (Å²) in [6.07, 6.45) is 1.76. The van der Waals surface area contributed by atoms with E-state index in [0.717, 1.165) is 36.3 Å². The summed E-state index contributed by atoms with van der Waals surface area (Å²) in [7, 11) is 0. The summed E-state index contributed by atoms with van der Waals surface area (Å²) in [5.41, 5.74) is 3.39. The largest absolute Gasteiger partial charge is 0.465 e. The molecule has 1 aromatic heterocycles. The highest BCUT2D eigenvalue weighted by Gasteiger charge is 2.34. The molecule has 2 aromatic carbocycles. The molecule has 3 aromatic rings. The van der Waals surface area contributed by atoms with E-state index in [1.165, 1.54) is 21.2 Å². The van der Waals surface area contributed by atoms with Crippen LogP contribution in [-0.2, 0) is 12.8 Å². The van der Waals surface area contributed by atoms with Gasteiger partial charge >= 0.3 is 6.09 Å². The molecule has 1 amide bonds. The number of nitriles is 1. The lowest BCUT2D eigenvalue weighted by molar-refractivity contribution is 0.119. The predicted molar refractivity (Wildman–Crippen MR) is 127 cm³/mol. The van der Waals surface area contributed by atoms with Crippen molar-refractivity contribution in [3.63, 3.8) is 0 Å². The number of hydrogen-bond acceptors (Lipinski definition) is 5. The Hall–Kier alpha value is -3.37. The van der Waals surface area contributed by atoms with Gasteiger partial charge in [-0.05, 0) is 53.1 Å². The Balaban J connectivity index is 1.45. The highest BCUT2D eigenvalue weighted by atomic mass is 35.5. The van der Waals surface area contributed by atoms with E-state index in [1.807, 2.05) is 0 Å². The summed E-state index contributed by atoms with van der Waals surface area (Å²) in [5, 5.41) is 21.4. The van der Waals surface area contributed by atoms with Crippen LogP contribution in [0.2, 0.25) is 5.28 Å². The molecular formula is C25H24ClN5O2. The van der Waals surface area contributed by atoms with Crippen molar-refractivity contribution >= 4 is 34.3 Å². The van der Waals surface area contributed by atoms with E-state index in [-0.39, 0.29) is 11.7 Å². The zero-order valence-corrected chi connectivity index (χ0v) is 18.9. The van der Waals surface area contributed by atoms with Gasteiger partial charge in [-0.1, -0.05) is 42.5 Å². The van der Waals surface area contributed by atoms with Gasteiger partial charge in [0.25, 0.3) is 0 Å². The van der Waals surface area contributed by atoms with Crippen LogP contribution in [0, 0.1) is 11.3 Å². The van der Waals surface area contributed by atoms with Gasteiger partial charge in [0.1, 0.15) is 5.82 Å². The molecule has 2 heterocycles. The molecule has 8 heteroatoms. The summed E-state index contributed by atoms with van der Waals surface area (Å²) < 4.78 is 0. The van der Waals surface area contributed by atoms with Crippen LogP contribution in [0.3, 0.4) is 0 Å². The minimum atomic E-state index is -0.990. The van der Waals surface area contributed by atoms with Gasteiger partial charge in [0.05, 0.1) is 24.2 Å². The summed E-state index contributed by atoms with van der Waals surface area (Å²) in [4.78, 5) is 24.2. The lowest BCUT2D eigenvalue weighted by atomic mass is 9.80. The van der Waals surface area contributed by atoms with Gasteiger partial charge in [0.2, 0.25) is 5.28 Å². The number of aromatic nitrogens is 2. The van der Waals surface area contributed by atoms with Crippen LogP contribution in [0.1, 0.15) is 35.6 Å². The molecule has 1 N–H and O–H groups in total. The van der Waals surface area contributed by atoms with E-state index in [1.54, 1.807) is 0 Å². The number of anilines is 1. The quantitative estimate of drug-likeness (QED) is 0.571. The Kier molecular flexibility index (Phi) is 5.77. The lowest BCUT2D eigenvalue weighted by Gasteiger charge is -2.40. The number of rotatable bonds is 3. The van der Waals surface area contributed by atoms with Crippen LogP contribution in [0.15, 0.2) is 42.5 Å². The molecule has 33 heavy (non-hydrogen) atoms. The van der Waals surface area contributed by atoms with Crippen molar-refractivity contribution < 1.29 is 9.90 Å². The number of nitrogens with zero attached hydrogens (tertiary/aromatic N) is 5. The number of halogens is 1. The van der Waals surface area contributed by atoms with Crippen molar-refractivity contribution in [2.75, 3.05) is 24.5 Å². The zero-order valence-electron chi connectivity index (χ0n) is 18.1. The first-order valence-corrected chi connectivity index (χ1v) is 11.6. The van der Waals surface area contributed by atoms with E-state index < -0.39 is 12.1 Å². The molecule has 1 unspecified atom stereocenters. The third-order valence-corrected chi connectivity index (χ3v) is 7.01. The molecule has 5 rings (SSSR count). The maximum Gasteiger partial charge on any atom is 0.407 e. The van der Waals surface area contributed by atoms with Gasteiger partial charge in [-0.15, -0.1) is 0 Å². The number of fused-ring (bicyclic) bond motifs is 2. The number of benzene rings is 2. The highest BCUT2D eigenvalue weighted by Crippen LogP contribution is 2.39. The van der Waals surface area contributed by atoms with Crippen molar-refractivity contribution in [1.82, 2.24) is 14.9 Å². The first-order valence-electron chi connectivity index (χ1n) is 11.2. The molecule has 1 aliphatic heterocycles. The molecule has 0 saturated carbocycles. The summed E-state index contributed by atoms with van der Waals surface area (Å²) >= 11 is 6.36. The maximum absolute atomic E-state index is 11.6. The van der Waals surface area contributed by atoms with E-state index >= 15 is 0 Å². The Morgan fingerprint density at radius 1 is 1.18 bits per heavy atom. The minimum absolute atomic E-state index is 0.146. The van der Waals surface area contributed by atoms with Crippen LogP contribution < -0.4 is 4.90 Å². The first-order chi connectivity index (χ1) is 16.0. The number of carboxylic acid groups (broad SMARTS) is 1. The number of hydrogen-bond donors (Lipinski definition) is 1. The average molecular weight is 462 g/mol. The number of piperazine rings is 1. The van der Waals surface area contributed by atoms with Crippen LogP contribution in [0.25, 0.3) is 10.8 Å². The van der Waals surface area contributed by atoms with E-state index in [2.05, 4.69) is 63.4 Å². The van der Waals surface area contributed by atoms with Crippen molar-refractivity contribution in [2.45, 2.75) is 37.6 Å². The molecule has 1 fully saturated rings. The van der Waals surface area contributed by atoms with Crippen LogP contribution in [0.4, 0.5) is 10.6 Å². The summed E-state index contributed by atoms with van der Waals surface area (Å²) in [6, 6.07) is 16.6. The second-order valence-electron chi connectivity index (χ2n) is 8.69. The SMILES string of the molecule is N#CCC1CN(c2nc(Cl)nc3c2CC[C@H](c2cccc4ccccc24)C3)CCN1C(=O)O. The third-order valence-electron chi connectivity index (χ3n) is 6.84. The zero-order chi connectivity index (χ0) is 22.9. The predicted octanol–water partition coefficient (Wildman–Crippen LogP) is 4.64. The molecule has 2 aliphatic rings. The maximum atomic E-state index is 11.6. The van der Waals surface area contributed by atoms with Gasteiger partial charge in [-0.2, -0.15) is 5.26 Å². The smallest absolute Gasteiger partial charge is 0.407 e. The van der Waals surface area contributed by atoms with Gasteiger partial charge in [-0.25, -0.2) is 14.8 Å². The molecule has 0 radical (unpaired) electrons. The molecule has 2 atom stereocenters. The van der Waals surface area contributed by atoms with Crippen molar-refractivity contribution in [3.8, 4) is 6.07 Å². The molecule has 1 saturated heterocycles. The Morgan fingerprint density at radius 3 is 2.82 bits per heavy atom. The molecule has 0 spiro atoms. The molecular weight excluding hydrogens is 438 g/mol. The monoisotopic (exact) mass is 461 g/mol. The van der Waals surface area contributed by atoms with Crippen molar-refractivity contribution in [2.24, 2.45) is 0 Å². The van der Waals surface area contributed by atoms with Gasteiger partial charge in [0, 0.05) is 25.2 Å². The average Bonchev–Trinajstić information content (AvgIpc) is 2.82. The lowest BCUT2D eigenvalue weighted by Crippen LogP contribution is -2.55. The summed E-state index contributed by atoms with van der Waals surface area (Å²) in [5.74, 6) is 1.13. The highest BCUT2D eigenvalue weighted by molar-refractivity contribution is 6.28. The third kappa shape index (κ3) is 4.07. The number of amides is 1. The van der Waals surface area contributed by atoms with Crippen molar-refractivity contribution in [1.29, 1.82) is 5.26 Å².